The van der Waals surface area contributed by atoms with Crippen LogP contribution in [0.25, 0.3) is 11.0 Å². The lowest BCUT2D eigenvalue weighted by Gasteiger charge is -1.98. The lowest BCUT2D eigenvalue weighted by Crippen LogP contribution is -1.83. The standard InChI is InChI=1S/C11H16.C6H5N3/c1-2-3-5-8-11-9-6-4-7-10-11;1-2-4-6-5(3-1)7-9-8-6/h4,6-7,9-10H,2-3,5,8H2,1H3;1-4H,(H,7,8,9). The number of aromatic amines is 1. The molecule has 0 atom stereocenters. The summed E-state index contributed by atoms with van der Waals surface area (Å²) in [7, 11) is 0. The molecule has 0 unspecified atom stereocenters. The first kappa shape index (κ1) is 14.3. The quantitative estimate of drug-likeness (QED) is 0.713. The summed E-state index contributed by atoms with van der Waals surface area (Å²) < 4.78 is 0. The molecular formula is C17H21N3. The van der Waals surface area contributed by atoms with Crippen LogP contribution in [-0.2, 0) is 6.42 Å². The molecule has 3 rings (SSSR count). The number of rotatable bonds is 4. The van der Waals surface area contributed by atoms with Gasteiger partial charge in [-0.05, 0) is 30.5 Å². The van der Waals surface area contributed by atoms with Gasteiger partial charge in [0.2, 0.25) is 0 Å². The van der Waals surface area contributed by atoms with Gasteiger partial charge in [-0.2, -0.15) is 15.4 Å². The van der Waals surface area contributed by atoms with Gasteiger partial charge < -0.3 is 0 Å². The summed E-state index contributed by atoms with van der Waals surface area (Å²) >= 11 is 0. The van der Waals surface area contributed by atoms with Gasteiger partial charge in [0, 0.05) is 0 Å². The van der Waals surface area contributed by atoms with Crippen molar-refractivity contribution in [1.82, 2.24) is 15.4 Å². The maximum absolute atomic E-state index is 3.88. The zero-order valence-electron chi connectivity index (χ0n) is 11.9. The van der Waals surface area contributed by atoms with Gasteiger partial charge in [-0.25, -0.2) is 0 Å². The minimum Gasteiger partial charge on any atom is -0.197 e. The van der Waals surface area contributed by atoms with Crippen LogP contribution in [0, 0.1) is 0 Å². The Balaban J connectivity index is 0.000000149. The molecule has 0 aliphatic heterocycles. The van der Waals surface area contributed by atoms with E-state index < -0.39 is 0 Å². The molecule has 0 saturated carbocycles. The first-order valence-corrected chi connectivity index (χ1v) is 7.19. The Bertz CT molecular complexity index is 571. The third-order valence-electron chi connectivity index (χ3n) is 3.13. The molecule has 0 spiro atoms. The van der Waals surface area contributed by atoms with Crippen molar-refractivity contribution in [3.05, 3.63) is 60.2 Å². The van der Waals surface area contributed by atoms with Gasteiger partial charge in [-0.1, -0.05) is 62.2 Å². The Kier molecular flexibility index (Phi) is 5.77. The molecule has 3 aromatic rings. The summed E-state index contributed by atoms with van der Waals surface area (Å²) in [6.45, 7) is 2.24. The van der Waals surface area contributed by atoms with Gasteiger partial charge in [0.1, 0.15) is 11.0 Å². The van der Waals surface area contributed by atoms with Crippen LogP contribution in [0.1, 0.15) is 31.7 Å². The molecule has 1 aromatic heterocycles. The maximum atomic E-state index is 3.88. The molecule has 1 heterocycles. The summed E-state index contributed by atoms with van der Waals surface area (Å²) in [6, 6.07) is 18.4. The lowest BCUT2D eigenvalue weighted by atomic mass is 10.1. The number of aryl methyl sites for hydroxylation is 1. The second kappa shape index (κ2) is 8.10. The van der Waals surface area contributed by atoms with E-state index in [1.807, 2.05) is 24.3 Å². The number of hydrogen-bond donors (Lipinski definition) is 1. The monoisotopic (exact) mass is 267 g/mol. The fourth-order valence-corrected chi connectivity index (χ4v) is 2.01. The average Bonchev–Trinajstić information content (AvgIpc) is 2.98. The normalized spacial score (nSPS) is 10.1. The summed E-state index contributed by atoms with van der Waals surface area (Å²) in [5, 5.41) is 10.3. The minimum atomic E-state index is 0.914. The highest BCUT2D eigenvalue weighted by Crippen LogP contribution is 2.05. The average molecular weight is 267 g/mol. The van der Waals surface area contributed by atoms with Crippen LogP contribution in [0.3, 0.4) is 0 Å². The highest BCUT2D eigenvalue weighted by molar-refractivity contribution is 5.72. The number of nitrogens with zero attached hydrogens (tertiary/aromatic N) is 2. The molecule has 0 aliphatic rings. The zero-order chi connectivity index (χ0) is 14.0. The number of hydrogen-bond acceptors (Lipinski definition) is 2. The Hall–Kier alpha value is -2.16. The van der Waals surface area contributed by atoms with E-state index in [2.05, 4.69) is 52.7 Å². The number of nitrogens with one attached hydrogen (secondary N) is 1. The lowest BCUT2D eigenvalue weighted by molar-refractivity contribution is 0.717. The van der Waals surface area contributed by atoms with Crippen LogP contribution >= 0.6 is 0 Å². The van der Waals surface area contributed by atoms with Crippen LogP contribution in [-0.4, -0.2) is 15.4 Å². The molecule has 2 aromatic carbocycles. The molecule has 104 valence electrons. The number of aromatic nitrogens is 3. The Morgan fingerprint density at radius 1 is 0.800 bits per heavy atom. The smallest absolute Gasteiger partial charge is 0.112 e. The number of H-pyrrole nitrogens is 1. The third-order valence-corrected chi connectivity index (χ3v) is 3.13. The van der Waals surface area contributed by atoms with E-state index in [0.717, 1.165) is 11.0 Å². The van der Waals surface area contributed by atoms with Crippen molar-refractivity contribution in [2.45, 2.75) is 32.6 Å². The highest BCUT2D eigenvalue weighted by Gasteiger charge is 1.91. The Morgan fingerprint density at radius 2 is 1.40 bits per heavy atom. The molecule has 0 aliphatic carbocycles. The predicted octanol–water partition coefficient (Wildman–Crippen LogP) is 4.38. The van der Waals surface area contributed by atoms with E-state index in [4.69, 9.17) is 0 Å². The predicted molar refractivity (Wildman–Crippen MR) is 83.6 cm³/mol. The van der Waals surface area contributed by atoms with Crippen LogP contribution in [0.4, 0.5) is 0 Å². The minimum absolute atomic E-state index is 0.914. The Morgan fingerprint density at radius 3 is 2.00 bits per heavy atom. The maximum Gasteiger partial charge on any atom is 0.112 e. The van der Waals surface area contributed by atoms with E-state index in [0.29, 0.717) is 0 Å². The van der Waals surface area contributed by atoms with Crippen molar-refractivity contribution in [1.29, 1.82) is 0 Å². The van der Waals surface area contributed by atoms with Crippen molar-refractivity contribution < 1.29 is 0 Å². The third kappa shape index (κ3) is 4.50. The topological polar surface area (TPSA) is 41.6 Å². The second-order valence-electron chi connectivity index (χ2n) is 4.76. The highest BCUT2D eigenvalue weighted by atomic mass is 15.3. The van der Waals surface area contributed by atoms with Crippen molar-refractivity contribution in [2.75, 3.05) is 0 Å². The molecular weight excluding hydrogens is 246 g/mol. The fraction of sp³-hybridized carbons (Fsp3) is 0.294. The molecule has 20 heavy (non-hydrogen) atoms. The van der Waals surface area contributed by atoms with E-state index in [1.54, 1.807) is 0 Å². The van der Waals surface area contributed by atoms with E-state index in [-0.39, 0.29) is 0 Å². The summed E-state index contributed by atoms with van der Waals surface area (Å²) in [5.41, 5.74) is 3.30. The molecule has 0 fully saturated rings. The van der Waals surface area contributed by atoms with Gasteiger partial charge in [-0.3, -0.25) is 0 Å². The first-order valence-electron chi connectivity index (χ1n) is 7.19. The van der Waals surface area contributed by atoms with Crippen molar-refractivity contribution in [2.24, 2.45) is 0 Å². The van der Waals surface area contributed by atoms with Gasteiger partial charge in [0.25, 0.3) is 0 Å². The number of fused-ring (bicyclic) bond motifs is 1. The Labute approximate surface area is 120 Å². The van der Waals surface area contributed by atoms with Crippen LogP contribution in [0.5, 0.6) is 0 Å². The number of para-hydroxylation sites is 2. The molecule has 1 N–H and O–H groups in total. The summed E-state index contributed by atoms with van der Waals surface area (Å²) in [5.74, 6) is 0. The van der Waals surface area contributed by atoms with Crippen LogP contribution in [0.15, 0.2) is 54.6 Å². The van der Waals surface area contributed by atoms with Crippen molar-refractivity contribution >= 4 is 11.0 Å². The largest absolute Gasteiger partial charge is 0.197 e. The van der Waals surface area contributed by atoms with Crippen molar-refractivity contribution in [3.8, 4) is 0 Å². The van der Waals surface area contributed by atoms with Gasteiger partial charge in [-0.15, -0.1) is 0 Å². The van der Waals surface area contributed by atoms with E-state index in [1.165, 1.54) is 31.2 Å². The van der Waals surface area contributed by atoms with Gasteiger partial charge in [0.15, 0.2) is 0 Å². The van der Waals surface area contributed by atoms with E-state index >= 15 is 0 Å². The molecule has 0 saturated heterocycles. The second-order valence-corrected chi connectivity index (χ2v) is 4.76. The van der Waals surface area contributed by atoms with Crippen LogP contribution < -0.4 is 0 Å². The fourth-order valence-electron chi connectivity index (χ4n) is 2.01. The van der Waals surface area contributed by atoms with Gasteiger partial charge in [0.05, 0.1) is 0 Å². The van der Waals surface area contributed by atoms with Crippen molar-refractivity contribution in [3.63, 3.8) is 0 Å². The molecule has 3 nitrogen and oxygen atoms in total. The number of unbranched alkanes of at least 4 members (excludes halogenated alkanes) is 2. The number of benzene rings is 2. The summed E-state index contributed by atoms with van der Waals surface area (Å²) in [4.78, 5) is 0. The first-order chi connectivity index (χ1) is 9.90. The van der Waals surface area contributed by atoms with E-state index in [9.17, 15) is 0 Å². The van der Waals surface area contributed by atoms with Gasteiger partial charge >= 0.3 is 0 Å². The SMILES string of the molecule is CCCCCc1ccccc1.c1ccc2n[nH]nc2c1. The zero-order valence-corrected chi connectivity index (χ0v) is 11.9. The molecule has 0 bridgehead atoms. The molecule has 3 heteroatoms. The molecule has 0 amide bonds. The van der Waals surface area contributed by atoms with Crippen LogP contribution in [0.2, 0.25) is 0 Å². The summed E-state index contributed by atoms with van der Waals surface area (Å²) in [6.07, 6.45) is 5.25. The molecule has 0 radical (unpaired) electrons.